The van der Waals surface area contributed by atoms with E-state index in [1.54, 1.807) is 0 Å². The quantitative estimate of drug-likeness (QED) is 0.501. The summed E-state index contributed by atoms with van der Waals surface area (Å²) in [6.07, 6.45) is 7.33. The molecular weight excluding hydrogens is 202 g/mol. The summed E-state index contributed by atoms with van der Waals surface area (Å²) in [7, 11) is 0. The van der Waals surface area contributed by atoms with Crippen LogP contribution in [0.15, 0.2) is 0 Å². The molecule has 1 fully saturated rings. The van der Waals surface area contributed by atoms with Gasteiger partial charge in [0.15, 0.2) is 0 Å². The highest BCUT2D eigenvalue weighted by Crippen LogP contribution is 2.08. The molecule has 1 aliphatic rings. The van der Waals surface area contributed by atoms with Gasteiger partial charge in [-0.15, -0.1) is 6.42 Å². The number of likely N-dealkylation sites (N-methyl/N-ethyl adjacent to an activating group) is 1. The van der Waals surface area contributed by atoms with Gasteiger partial charge in [0.2, 0.25) is 5.91 Å². The molecule has 1 rings (SSSR count). The first kappa shape index (κ1) is 13.0. The predicted octanol–water partition coefficient (Wildman–Crippen LogP) is -0.190. The highest BCUT2D eigenvalue weighted by atomic mass is 16.2. The molecule has 0 spiro atoms. The molecule has 0 radical (unpaired) electrons. The number of likely N-dealkylation sites (tertiary alicyclic amines) is 1. The summed E-state index contributed by atoms with van der Waals surface area (Å²) in [5.41, 5.74) is 0. The highest BCUT2D eigenvalue weighted by Gasteiger charge is 2.19. The molecule has 0 aromatic carbocycles. The van der Waals surface area contributed by atoms with Gasteiger partial charge in [0.05, 0.1) is 13.1 Å². The van der Waals surface area contributed by atoms with Crippen LogP contribution in [0.4, 0.5) is 0 Å². The topological polar surface area (TPSA) is 44.4 Å². The number of carbonyl (C=O) groups is 1. The van der Waals surface area contributed by atoms with E-state index in [1.807, 2.05) is 0 Å². The van der Waals surface area contributed by atoms with Crippen LogP contribution in [0.1, 0.15) is 19.8 Å². The van der Waals surface area contributed by atoms with E-state index >= 15 is 0 Å². The maximum absolute atomic E-state index is 11.5. The Morgan fingerprint density at radius 3 is 3.12 bits per heavy atom. The van der Waals surface area contributed by atoms with Crippen molar-refractivity contribution in [2.75, 3.05) is 32.7 Å². The van der Waals surface area contributed by atoms with Crippen LogP contribution in [0.25, 0.3) is 0 Å². The Morgan fingerprint density at radius 2 is 2.44 bits per heavy atom. The largest absolute Gasteiger partial charge is 0.351 e. The van der Waals surface area contributed by atoms with Crippen molar-refractivity contribution in [2.24, 2.45) is 0 Å². The van der Waals surface area contributed by atoms with Crippen LogP contribution in [0, 0.1) is 12.3 Å². The second kappa shape index (κ2) is 7.26. The predicted molar refractivity (Wildman–Crippen MR) is 65.0 cm³/mol. The van der Waals surface area contributed by atoms with Crippen molar-refractivity contribution in [2.45, 2.75) is 25.8 Å². The number of amides is 1. The van der Waals surface area contributed by atoms with Gasteiger partial charge < -0.3 is 10.2 Å². The van der Waals surface area contributed by atoms with Crippen LogP contribution in [-0.2, 0) is 4.79 Å². The third-order valence-electron chi connectivity index (χ3n) is 2.83. The first-order chi connectivity index (χ1) is 7.76. The number of hydrogen-bond donors (Lipinski definition) is 2. The van der Waals surface area contributed by atoms with Crippen molar-refractivity contribution in [1.82, 2.24) is 15.5 Å². The molecule has 4 heteroatoms. The first-order valence-corrected chi connectivity index (χ1v) is 5.92. The maximum atomic E-state index is 11.5. The highest BCUT2D eigenvalue weighted by molar-refractivity contribution is 5.78. The third kappa shape index (κ3) is 4.65. The summed E-state index contributed by atoms with van der Waals surface area (Å²) < 4.78 is 0. The summed E-state index contributed by atoms with van der Waals surface area (Å²) in [5, 5.41) is 5.92. The minimum Gasteiger partial charge on any atom is -0.351 e. The molecule has 0 aromatic rings. The van der Waals surface area contributed by atoms with Crippen LogP contribution in [0.3, 0.4) is 0 Å². The Bertz CT molecular complexity index is 259. The van der Waals surface area contributed by atoms with E-state index in [9.17, 15) is 4.79 Å². The van der Waals surface area contributed by atoms with Crippen LogP contribution in [0.5, 0.6) is 0 Å². The van der Waals surface area contributed by atoms with Crippen molar-refractivity contribution in [3.05, 3.63) is 0 Å². The van der Waals surface area contributed by atoms with Gasteiger partial charge in [0.1, 0.15) is 0 Å². The van der Waals surface area contributed by atoms with Gasteiger partial charge in [-0.2, -0.15) is 0 Å². The third-order valence-corrected chi connectivity index (χ3v) is 2.83. The van der Waals surface area contributed by atoms with Crippen molar-refractivity contribution in [3.63, 3.8) is 0 Å². The van der Waals surface area contributed by atoms with Crippen molar-refractivity contribution >= 4 is 5.91 Å². The van der Waals surface area contributed by atoms with Gasteiger partial charge in [-0.3, -0.25) is 10.1 Å². The lowest BCUT2D eigenvalue weighted by Gasteiger charge is -2.32. The minimum absolute atomic E-state index is 0.0400. The van der Waals surface area contributed by atoms with Gasteiger partial charge in [0.25, 0.3) is 0 Å². The Balaban J connectivity index is 2.20. The average Bonchev–Trinajstić information content (AvgIpc) is 2.29. The van der Waals surface area contributed by atoms with Crippen molar-refractivity contribution in [1.29, 1.82) is 0 Å². The average molecular weight is 223 g/mol. The smallest absolute Gasteiger partial charge is 0.234 e. The zero-order valence-corrected chi connectivity index (χ0v) is 9.96. The van der Waals surface area contributed by atoms with E-state index in [0.717, 1.165) is 32.5 Å². The number of carbonyl (C=O) groups excluding carboxylic acids is 1. The van der Waals surface area contributed by atoms with Crippen molar-refractivity contribution in [3.8, 4) is 12.3 Å². The molecule has 0 aliphatic carbocycles. The van der Waals surface area contributed by atoms with Crippen LogP contribution >= 0.6 is 0 Å². The number of nitrogens with zero attached hydrogens (tertiary/aromatic N) is 1. The zero-order chi connectivity index (χ0) is 11.8. The van der Waals surface area contributed by atoms with Crippen LogP contribution in [-0.4, -0.2) is 49.6 Å². The molecule has 90 valence electrons. The molecule has 16 heavy (non-hydrogen) atoms. The lowest BCUT2D eigenvalue weighted by Crippen LogP contribution is -2.49. The Hall–Kier alpha value is -1.05. The summed E-state index contributed by atoms with van der Waals surface area (Å²) >= 11 is 0. The van der Waals surface area contributed by atoms with Crippen LogP contribution < -0.4 is 10.6 Å². The summed E-state index contributed by atoms with van der Waals surface area (Å²) in [5.74, 6) is 2.48. The summed E-state index contributed by atoms with van der Waals surface area (Å²) in [4.78, 5) is 13.9. The van der Waals surface area contributed by atoms with Gasteiger partial charge >= 0.3 is 0 Å². The maximum Gasteiger partial charge on any atom is 0.234 e. The van der Waals surface area contributed by atoms with Gasteiger partial charge in [-0.1, -0.05) is 12.8 Å². The number of piperidine rings is 1. The lowest BCUT2D eigenvalue weighted by molar-refractivity contribution is -0.121. The second-order valence-corrected chi connectivity index (χ2v) is 4.11. The molecular formula is C12H21N3O. The molecule has 0 aromatic heterocycles. The van der Waals surface area contributed by atoms with Gasteiger partial charge in [-0.25, -0.2) is 0 Å². The van der Waals surface area contributed by atoms with Crippen LogP contribution in [0.2, 0.25) is 0 Å². The number of nitrogens with one attached hydrogen (secondary N) is 2. The monoisotopic (exact) mass is 223 g/mol. The number of hydrogen-bond acceptors (Lipinski definition) is 3. The van der Waals surface area contributed by atoms with Crippen molar-refractivity contribution < 1.29 is 4.79 Å². The van der Waals surface area contributed by atoms with Gasteiger partial charge in [-0.05, 0) is 25.9 Å². The van der Waals surface area contributed by atoms with E-state index in [-0.39, 0.29) is 5.91 Å². The SMILES string of the molecule is C#CCNCC(=O)NC1CCCN(CC)C1. The van der Waals surface area contributed by atoms with E-state index in [2.05, 4.69) is 28.4 Å². The molecule has 1 unspecified atom stereocenters. The fourth-order valence-electron chi connectivity index (χ4n) is 1.99. The minimum atomic E-state index is 0.0400. The first-order valence-electron chi connectivity index (χ1n) is 5.92. The van der Waals surface area contributed by atoms with E-state index in [4.69, 9.17) is 6.42 Å². The van der Waals surface area contributed by atoms with E-state index in [0.29, 0.717) is 19.1 Å². The molecule has 1 aliphatic heterocycles. The number of terminal acetylenes is 1. The Labute approximate surface area is 97.8 Å². The molecule has 1 atom stereocenters. The van der Waals surface area contributed by atoms with Gasteiger partial charge in [0, 0.05) is 12.6 Å². The molecule has 1 heterocycles. The summed E-state index contributed by atoms with van der Waals surface area (Å²) in [6.45, 7) is 6.09. The van der Waals surface area contributed by atoms with E-state index in [1.165, 1.54) is 0 Å². The van der Waals surface area contributed by atoms with E-state index < -0.39 is 0 Å². The molecule has 2 N–H and O–H groups in total. The molecule has 4 nitrogen and oxygen atoms in total. The second-order valence-electron chi connectivity index (χ2n) is 4.11. The molecule has 0 saturated carbocycles. The number of rotatable bonds is 5. The Kier molecular flexibility index (Phi) is 5.91. The molecule has 1 amide bonds. The standard InChI is InChI=1S/C12H21N3O/c1-3-7-13-9-12(16)14-11-6-5-8-15(4-2)10-11/h1,11,13H,4-10H2,2H3,(H,14,16). The fraction of sp³-hybridized carbons (Fsp3) is 0.750. The lowest BCUT2D eigenvalue weighted by atomic mass is 10.1. The Morgan fingerprint density at radius 1 is 1.62 bits per heavy atom. The molecule has 1 saturated heterocycles. The normalized spacial score (nSPS) is 21.4. The molecule has 0 bridgehead atoms. The fourth-order valence-corrected chi connectivity index (χ4v) is 1.99. The summed E-state index contributed by atoms with van der Waals surface area (Å²) in [6, 6.07) is 0.300. The zero-order valence-electron chi connectivity index (χ0n) is 9.96.